The van der Waals surface area contributed by atoms with Gasteiger partial charge in [-0.25, -0.2) is 0 Å². The number of amides is 1. The Labute approximate surface area is 115 Å². The van der Waals surface area contributed by atoms with Gasteiger partial charge in [-0.1, -0.05) is 0 Å². The van der Waals surface area contributed by atoms with Crippen LogP contribution in [0.1, 0.15) is 12.8 Å². The number of anilines is 2. The van der Waals surface area contributed by atoms with Crippen LogP contribution in [0.15, 0.2) is 18.2 Å². The Hall–Kier alpha value is -0.980. The van der Waals surface area contributed by atoms with Gasteiger partial charge in [0.25, 0.3) is 0 Å². The van der Waals surface area contributed by atoms with E-state index in [1.54, 1.807) is 0 Å². The lowest BCUT2D eigenvalue weighted by Gasteiger charge is -2.16. The van der Waals surface area contributed by atoms with Gasteiger partial charge in [-0.2, -0.15) is 0 Å². The zero-order chi connectivity index (χ0) is 12.3. The molecule has 0 saturated carbocycles. The average molecular weight is 345 g/mol. The second-order valence-electron chi connectivity index (χ2n) is 4.18. The maximum Gasteiger partial charge on any atom is 0.241 e. The van der Waals surface area contributed by atoms with Crippen LogP contribution in [0.4, 0.5) is 11.4 Å². The van der Waals surface area contributed by atoms with Gasteiger partial charge in [0.2, 0.25) is 5.91 Å². The van der Waals surface area contributed by atoms with Crippen molar-refractivity contribution in [3.05, 3.63) is 21.8 Å². The molecule has 2 rings (SSSR count). The van der Waals surface area contributed by atoms with E-state index in [-0.39, 0.29) is 5.91 Å². The number of nitrogens with two attached hydrogens (primary N) is 1. The fourth-order valence-corrected chi connectivity index (χ4v) is 2.65. The highest BCUT2D eigenvalue weighted by Crippen LogP contribution is 2.20. The largest absolute Gasteiger partial charge is 0.399 e. The van der Waals surface area contributed by atoms with E-state index >= 15 is 0 Å². The van der Waals surface area contributed by atoms with Crippen molar-refractivity contribution in [2.75, 3.05) is 30.7 Å². The summed E-state index contributed by atoms with van der Waals surface area (Å²) in [6.07, 6.45) is 2.26. The second-order valence-corrected chi connectivity index (χ2v) is 5.34. The lowest BCUT2D eigenvalue weighted by atomic mass is 10.3. The molecule has 1 saturated heterocycles. The van der Waals surface area contributed by atoms with Gasteiger partial charge >= 0.3 is 0 Å². The van der Waals surface area contributed by atoms with Crippen molar-refractivity contribution in [2.45, 2.75) is 12.8 Å². The summed E-state index contributed by atoms with van der Waals surface area (Å²) in [4.78, 5) is 13.7. The van der Waals surface area contributed by atoms with Crippen molar-refractivity contribution in [1.29, 1.82) is 0 Å². The van der Waals surface area contributed by atoms with E-state index in [0.717, 1.165) is 40.9 Å². The van der Waals surface area contributed by atoms with E-state index in [4.69, 9.17) is 5.73 Å². The molecule has 0 atom stereocenters. The number of hydrogen-bond acceptors (Lipinski definition) is 3. The third-order valence-corrected chi connectivity index (χ3v) is 3.77. The molecular formula is C12H16IN3O. The van der Waals surface area contributed by atoms with Crippen LogP contribution in [0.5, 0.6) is 0 Å². The number of nitrogen functional groups attached to an aromatic ring is 1. The first kappa shape index (κ1) is 12.5. The topological polar surface area (TPSA) is 58.4 Å². The number of nitrogens with one attached hydrogen (secondary N) is 1. The van der Waals surface area contributed by atoms with Crippen LogP contribution in [-0.2, 0) is 4.79 Å². The molecule has 0 unspecified atom stereocenters. The van der Waals surface area contributed by atoms with Crippen LogP contribution in [0.25, 0.3) is 0 Å². The highest BCUT2D eigenvalue weighted by molar-refractivity contribution is 14.1. The third kappa shape index (κ3) is 3.24. The van der Waals surface area contributed by atoms with E-state index in [9.17, 15) is 4.79 Å². The van der Waals surface area contributed by atoms with Crippen LogP contribution < -0.4 is 11.1 Å². The Morgan fingerprint density at radius 2 is 2.12 bits per heavy atom. The number of rotatable bonds is 3. The maximum atomic E-state index is 11.8. The fraction of sp³-hybridized carbons (Fsp3) is 0.417. The van der Waals surface area contributed by atoms with Crippen LogP contribution in [-0.4, -0.2) is 30.4 Å². The Bertz CT molecular complexity index is 416. The number of hydrogen-bond donors (Lipinski definition) is 2. The lowest BCUT2D eigenvalue weighted by Crippen LogP contribution is -2.33. The van der Waals surface area contributed by atoms with Crippen molar-refractivity contribution in [2.24, 2.45) is 0 Å². The van der Waals surface area contributed by atoms with Gasteiger partial charge in [0.15, 0.2) is 0 Å². The summed E-state index contributed by atoms with van der Waals surface area (Å²) in [7, 11) is 0. The van der Waals surface area contributed by atoms with E-state index in [2.05, 4.69) is 27.9 Å². The van der Waals surface area contributed by atoms with Crippen LogP contribution >= 0.6 is 22.6 Å². The molecule has 1 heterocycles. The number of carbonyl (C=O) groups is 1. The molecule has 5 heteroatoms. The zero-order valence-electron chi connectivity index (χ0n) is 9.58. The van der Waals surface area contributed by atoms with Crippen molar-refractivity contribution >= 4 is 39.9 Å². The number of nitrogens with zero attached hydrogens (tertiary/aromatic N) is 1. The first-order valence-corrected chi connectivity index (χ1v) is 6.81. The number of benzene rings is 1. The van der Waals surface area contributed by atoms with Gasteiger partial charge in [0.1, 0.15) is 0 Å². The monoisotopic (exact) mass is 345 g/mol. The molecule has 4 nitrogen and oxygen atoms in total. The van der Waals surface area contributed by atoms with Gasteiger partial charge in [-0.3, -0.25) is 4.79 Å². The molecule has 1 fully saturated rings. The standard InChI is InChI=1S/C12H16IN3O/c13-10-7-9(14)3-4-11(10)15-8-12(17)16-5-1-2-6-16/h3-4,7,15H,1-2,5-6,8,14H2. The molecule has 1 aromatic carbocycles. The normalized spacial score (nSPS) is 15.0. The average Bonchev–Trinajstić information content (AvgIpc) is 2.81. The summed E-state index contributed by atoms with van der Waals surface area (Å²) in [5, 5.41) is 3.16. The molecular weight excluding hydrogens is 329 g/mol. The quantitative estimate of drug-likeness (QED) is 0.650. The Balaban J connectivity index is 1.90. The Morgan fingerprint density at radius 3 is 2.76 bits per heavy atom. The Morgan fingerprint density at radius 1 is 1.41 bits per heavy atom. The summed E-state index contributed by atoms with van der Waals surface area (Å²) in [5.74, 6) is 0.176. The van der Waals surface area contributed by atoms with E-state index in [1.165, 1.54) is 0 Å². The summed E-state index contributed by atoms with van der Waals surface area (Å²) in [6.45, 7) is 2.17. The molecule has 0 aromatic heterocycles. The summed E-state index contributed by atoms with van der Waals surface area (Å²) < 4.78 is 1.04. The first-order chi connectivity index (χ1) is 8.16. The highest BCUT2D eigenvalue weighted by Gasteiger charge is 2.17. The smallest absolute Gasteiger partial charge is 0.241 e. The molecule has 92 valence electrons. The number of halogens is 1. The van der Waals surface area contributed by atoms with Crippen molar-refractivity contribution in [1.82, 2.24) is 4.90 Å². The molecule has 17 heavy (non-hydrogen) atoms. The van der Waals surface area contributed by atoms with Crippen LogP contribution in [0, 0.1) is 3.57 Å². The van der Waals surface area contributed by atoms with Gasteiger partial charge in [-0.15, -0.1) is 0 Å². The molecule has 0 spiro atoms. The summed E-state index contributed by atoms with van der Waals surface area (Å²) in [6, 6.07) is 5.64. The predicted molar refractivity (Wildman–Crippen MR) is 77.9 cm³/mol. The Kier molecular flexibility index (Phi) is 4.09. The first-order valence-electron chi connectivity index (χ1n) is 5.73. The molecule has 1 aliphatic rings. The predicted octanol–water partition coefficient (Wildman–Crippen LogP) is 1.91. The second kappa shape index (κ2) is 5.57. The molecule has 0 bridgehead atoms. The molecule has 3 N–H and O–H groups in total. The van der Waals surface area contributed by atoms with Crippen LogP contribution in [0.2, 0.25) is 0 Å². The van der Waals surface area contributed by atoms with Gasteiger partial charge < -0.3 is 16.0 Å². The number of carbonyl (C=O) groups excluding carboxylic acids is 1. The summed E-state index contributed by atoms with van der Waals surface area (Å²) in [5.41, 5.74) is 7.38. The van der Waals surface area contributed by atoms with Gasteiger partial charge in [-0.05, 0) is 53.6 Å². The molecule has 1 aliphatic heterocycles. The van der Waals surface area contributed by atoms with Crippen molar-refractivity contribution in [3.63, 3.8) is 0 Å². The minimum Gasteiger partial charge on any atom is -0.399 e. The third-order valence-electron chi connectivity index (χ3n) is 2.88. The van der Waals surface area contributed by atoms with Crippen molar-refractivity contribution in [3.8, 4) is 0 Å². The van der Waals surface area contributed by atoms with Crippen LogP contribution in [0.3, 0.4) is 0 Å². The van der Waals surface area contributed by atoms with Gasteiger partial charge in [0, 0.05) is 28.0 Å². The molecule has 0 aliphatic carbocycles. The van der Waals surface area contributed by atoms with Crippen molar-refractivity contribution < 1.29 is 4.79 Å². The zero-order valence-corrected chi connectivity index (χ0v) is 11.7. The fourth-order valence-electron chi connectivity index (χ4n) is 1.92. The minimum absolute atomic E-state index is 0.176. The van der Waals surface area contributed by atoms with E-state index in [1.807, 2.05) is 23.1 Å². The molecule has 1 aromatic rings. The molecule has 1 amide bonds. The SMILES string of the molecule is Nc1ccc(NCC(=O)N2CCCC2)c(I)c1. The number of likely N-dealkylation sites (tertiary alicyclic amines) is 1. The lowest BCUT2D eigenvalue weighted by molar-refractivity contribution is -0.128. The minimum atomic E-state index is 0.176. The maximum absolute atomic E-state index is 11.8. The molecule has 0 radical (unpaired) electrons. The summed E-state index contributed by atoms with van der Waals surface area (Å²) >= 11 is 2.21. The highest BCUT2D eigenvalue weighted by atomic mass is 127. The van der Waals surface area contributed by atoms with E-state index in [0.29, 0.717) is 6.54 Å². The van der Waals surface area contributed by atoms with Gasteiger partial charge in [0.05, 0.1) is 6.54 Å². The van der Waals surface area contributed by atoms with E-state index < -0.39 is 0 Å².